The highest BCUT2D eigenvalue weighted by Crippen LogP contribution is 2.27. The summed E-state index contributed by atoms with van der Waals surface area (Å²) in [7, 11) is 1.26. The smallest absolute Gasteiger partial charge is 0.272 e. The van der Waals surface area contributed by atoms with E-state index in [-0.39, 0.29) is 5.75 Å². The molecule has 0 atom stereocenters. The molecule has 0 saturated carbocycles. The highest BCUT2D eigenvalue weighted by Gasteiger charge is 2.19. The number of nitrogens with one attached hydrogen (secondary N) is 1. The summed E-state index contributed by atoms with van der Waals surface area (Å²) in [6.07, 6.45) is -1.48. The number of hydrogen-bond acceptors (Lipinski definition) is 2. The average Bonchev–Trinajstić information content (AvgIpc) is 2.07. The van der Waals surface area contributed by atoms with E-state index in [0.29, 0.717) is 5.56 Å². The second kappa shape index (κ2) is 3.55. The van der Waals surface area contributed by atoms with E-state index >= 15 is 0 Å². The second-order valence-electron chi connectivity index (χ2n) is 2.55. The summed E-state index contributed by atoms with van der Waals surface area (Å²) in [5.41, 5.74) is -0.933. The van der Waals surface area contributed by atoms with Gasteiger partial charge in [0.25, 0.3) is 12.0 Å². The number of aryl methyl sites for hydroxylation is 1. The first-order valence-corrected chi connectivity index (χ1v) is 3.62. The van der Waals surface area contributed by atoms with Crippen LogP contribution in [0.5, 0.6) is 5.75 Å². The van der Waals surface area contributed by atoms with E-state index < -0.39 is 17.5 Å². The topological polar surface area (TPSA) is 42.1 Å². The van der Waals surface area contributed by atoms with Gasteiger partial charge < -0.3 is 9.72 Å². The van der Waals surface area contributed by atoms with E-state index in [2.05, 4.69) is 4.98 Å². The zero-order chi connectivity index (χ0) is 10.0. The number of halogens is 2. The van der Waals surface area contributed by atoms with Gasteiger partial charge in [0.1, 0.15) is 11.3 Å². The number of methoxy groups -OCH3 is 1. The fourth-order valence-corrected chi connectivity index (χ4v) is 1.10. The third kappa shape index (κ3) is 1.68. The van der Waals surface area contributed by atoms with Gasteiger partial charge in [0.05, 0.1) is 7.11 Å². The van der Waals surface area contributed by atoms with Crippen LogP contribution in [0.4, 0.5) is 8.78 Å². The molecule has 1 N–H and O–H groups in total. The van der Waals surface area contributed by atoms with Crippen LogP contribution in [0, 0.1) is 6.92 Å². The molecular formula is C8H9F2NO2. The summed E-state index contributed by atoms with van der Waals surface area (Å²) in [5.74, 6) is -0.0428. The Morgan fingerprint density at radius 1 is 1.54 bits per heavy atom. The number of H-pyrrole nitrogens is 1. The molecule has 0 saturated heterocycles. The number of hydrogen-bond donors (Lipinski definition) is 1. The van der Waals surface area contributed by atoms with E-state index in [1.807, 2.05) is 0 Å². The lowest BCUT2D eigenvalue weighted by molar-refractivity contribution is 0.145. The van der Waals surface area contributed by atoms with Crippen molar-refractivity contribution >= 4 is 0 Å². The van der Waals surface area contributed by atoms with Crippen LogP contribution in [0.1, 0.15) is 17.6 Å². The van der Waals surface area contributed by atoms with Crippen molar-refractivity contribution < 1.29 is 13.5 Å². The standard InChI is InChI=1S/C8H9F2NO2/c1-4-3-11-8(12)5(7(9)10)6(4)13-2/h3,7H,1-2H3,(H,11,12). The minimum Gasteiger partial charge on any atom is -0.496 e. The van der Waals surface area contributed by atoms with Gasteiger partial charge in [0.2, 0.25) is 0 Å². The molecule has 72 valence electrons. The molecular weight excluding hydrogens is 180 g/mol. The van der Waals surface area contributed by atoms with Crippen LogP contribution in [-0.2, 0) is 0 Å². The largest absolute Gasteiger partial charge is 0.496 e. The lowest BCUT2D eigenvalue weighted by atomic mass is 10.2. The molecule has 13 heavy (non-hydrogen) atoms. The molecule has 0 fully saturated rings. The summed E-state index contributed by atoms with van der Waals surface area (Å²) in [4.78, 5) is 13.2. The van der Waals surface area contributed by atoms with Gasteiger partial charge in [-0.1, -0.05) is 0 Å². The van der Waals surface area contributed by atoms with Gasteiger partial charge in [-0.15, -0.1) is 0 Å². The van der Waals surface area contributed by atoms with Crippen molar-refractivity contribution in [1.29, 1.82) is 0 Å². The molecule has 0 aliphatic rings. The van der Waals surface area contributed by atoms with Crippen LogP contribution < -0.4 is 10.3 Å². The third-order valence-electron chi connectivity index (χ3n) is 1.69. The van der Waals surface area contributed by atoms with Crippen molar-refractivity contribution in [3.8, 4) is 5.75 Å². The molecule has 0 spiro atoms. The zero-order valence-corrected chi connectivity index (χ0v) is 7.23. The molecule has 1 aromatic heterocycles. The SMILES string of the molecule is COc1c(C)c[nH]c(=O)c1C(F)F. The fraction of sp³-hybridized carbons (Fsp3) is 0.375. The predicted octanol–water partition coefficient (Wildman–Crippen LogP) is 1.63. The second-order valence-corrected chi connectivity index (χ2v) is 2.55. The van der Waals surface area contributed by atoms with Crippen molar-refractivity contribution in [2.24, 2.45) is 0 Å². The lowest BCUT2D eigenvalue weighted by Crippen LogP contribution is -2.15. The van der Waals surface area contributed by atoms with Crippen LogP contribution >= 0.6 is 0 Å². The van der Waals surface area contributed by atoms with Crippen molar-refractivity contribution in [1.82, 2.24) is 4.98 Å². The molecule has 0 amide bonds. The first kappa shape index (κ1) is 9.70. The Balaban J connectivity index is 3.44. The molecule has 1 heterocycles. The summed E-state index contributed by atoms with van der Waals surface area (Å²) in [6, 6.07) is 0. The highest BCUT2D eigenvalue weighted by atomic mass is 19.3. The Kier molecular flexibility index (Phi) is 2.65. The first-order valence-electron chi connectivity index (χ1n) is 3.62. The molecule has 0 aliphatic carbocycles. The zero-order valence-electron chi connectivity index (χ0n) is 7.23. The highest BCUT2D eigenvalue weighted by molar-refractivity contribution is 5.38. The Morgan fingerprint density at radius 3 is 2.54 bits per heavy atom. The molecule has 1 rings (SSSR count). The van der Waals surface area contributed by atoms with E-state index in [9.17, 15) is 13.6 Å². The van der Waals surface area contributed by atoms with Gasteiger partial charge in [-0.3, -0.25) is 4.79 Å². The van der Waals surface area contributed by atoms with Gasteiger partial charge in [-0.2, -0.15) is 0 Å². The number of aromatic amines is 1. The summed E-state index contributed by atoms with van der Waals surface area (Å²) < 4.78 is 29.4. The van der Waals surface area contributed by atoms with Crippen molar-refractivity contribution in [2.75, 3.05) is 7.11 Å². The maximum absolute atomic E-state index is 12.4. The molecule has 0 bridgehead atoms. The van der Waals surface area contributed by atoms with Crippen LogP contribution in [0.2, 0.25) is 0 Å². The minimum absolute atomic E-state index is 0.0428. The van der Waals surface area contributed by atoms with Crippen molar-refractivity contribution in [3.05, 3.63) is 27.7 Å². The van der Waals surface area contributed by atoms with Crippen LogP contribution in [-0.4, -0.2) is 12.1 Å². The Bertz CT molecular complexity index is 360. The molecule has 0 aliphatic heterocycles. The number of ether oxygens (including phenoxy) is 1. The molecule has 5 heteroatoms. The first-order chi connectivity index (χ1) is 6.07. The van der Waals surface area contributed by atoms with E-state index in [4.69, 9.17) is 4.74 Å². The molecule has 0 aromatic carbocycles. The molecule has 0 unspecified atom stereocenters. The van der Waals surface area contributed by atoms with Gasteiger partial charge in [-0.05, 0) is 6.92 Å². The van der Waals surface area contributed by atoms with E-state index in [1.165, 1.54) is 13.3 Å². The maximum atomic E-state index is 12.4. The van der Waals surface area contributed by atoms with Crippen LogP contribution in [0.15, 0.2) is 11.0 Å². The Hall–Kier alpha value is -1.39. The predicted molar refractivity (Wildman–Crippen MR) is 43.3 cm³/mol. The van der Waals surface area contributed by atoms with E-state index in [0.717, 1.165) is 0 Å². The summed E-state index contributed by atoms with van der Waals surface area (Å²) in [6.45, 7) is 1.58. The van der Waals surface area contributed by atoms with Gasteiger partial charge in [0.15, 0.2) is 0 Å². The normalized spacial score (nSPS) is 10.5. The van der Waals surface area contributed by atoms with Crippen LogP contribution in [0.25, 0.3) is 0 Å². The number of rotatable bonds is 2. The minimum atomic E-state index is -2.82. The summed E-state index contributed by atoms with van der Waals surface area (Å²) >= 11 is 0. The van der Waals surface area contributed by atoms with Gasteiger partial charge in [0, 0.05) is 11.8 Å². The van der Waals surface area contributed by atoms with Gasteiger partial charge in [-0.25, -0.2) is 8.78 Å². The van der Waals surface area contributed by atoms with Crippen molar-refractivity contribution in [2.45, 2.75) is 13.3 Å². The summed E-state index contributed by atoms with van der Waals surface area (Å²) in [5, 5.41) is 0. The number of alkyl halides is 2. The average molecular weight is 189 g/mol. The quantitative estimate of drug-likeness (QED) is 0.768. The molecule has 0 radical (unpaired) electrons. The Morgan fingerprint density at radius 2 is 2.15 bits per heavy atom. The molecule has 1 aromatic rings. The Labute approximate surface area is 73.4 Å². The van der Waals surface area contributed by atoms with Gasteiger partial charge >= 0.3 is 0 Å². The van der Waals surface area contributed by atoms with Crippen LogP contribution in [0.3, 0.4) is 0 Å². The van der Waals surface area contributed by atoms with Crippen molar-refractivity contribution in [3.63, 3.8) is 0 Å². The lowest BCUT2D eigenvalue weighted by Gasteiger charge is -2.08. The maximum Gasteiger partial charge on any atom is 0.272 e. The number of pyridine rings is 1. The number of aromatic nitrogens is 1. The molecule has 3 nitrogen and oxygen atoms in total. The van der Waals surface area contributed by atoms with E-state index in [1.54, 1.807) is 6.92 Å². The fourth-order valence-electron chi connectivity index (χ4n) is 1.10. The third-order valence-corrected chi connectivity index (χ3v) is 1.69. The monoisotopic (exact) mass is 189 g/mol.